The van der Waals surface area contributed by atoms with Gasteiger partial charge >= 0.3 is 0 Å². The van der Waals surface area contributed by atoms with Crippen LogP contribution in [0, 0.1) is 11.3 Å². The largest absolute Gasteiger partial charge is 0.497 e. The van der Waals surface area contributed by atoms with Crippen LogP contribution in [0.25, 0.3) is 5.57 Å². The Hall–Kier alpha value is -3.21. The average Bonchev–Trinajstić information content (AvgIpc) is 2.71. The molecule has 0 fully saturated rings. The number of nitrogens with two attached hydrogens (primary N) is 1. The summed E-state index contributed by atoms with van der Waals surface area (Å²) in [6.07, 6.45) is 1.42. The Morgan fingerprint density at radius 2 is 1.69 bits per heavy atom. The number of anilines is 1. The fraction of sp³-hybridized carbons (Fsp3) is 0.238. The van der Waals surface area contributed by atoms with Crippen LogP contribution in [-0.4, -0.2) is 33.3 Å². The second-order valence-electron chi connectivity index (χ2n) is 5.98. The second-order valence-corrected chi connectivity index (χ2v) is 5.98. The van der Waals surface area contributed by atoms with Gasteiger partial charge in [-0.05, 0) is 47.9 Å². The molecular weight excluding hydrogens is 394 g/mol. The van der Waals surface area contributed by atoms with Crippen LogP contribution in [0.3, 0.4) is 0 Å². The highest BCUT2D eigenvalue weighted by Crippen LogP contribution is 2.34. The van der Waals surface area contributed by atoms with Gasteiger partial charge in [0.05, 0.1) is 39.1 Å². The van der Waals surface area contributed by atoms with Gasteiger partial charge in [-0.25, -0.2) is 0 Å². The number of nitrogens with one attached hydrogen (secondary N) is 1. The lowest BCUT2D eigenvalue weighted by atomic mass is 9.96. The number of benzene rings is 2. The molecule has 0 spiro atoms. The van der Waals surface area contributed by atoms with E-state index in [2.05, 4.69) is 11.4 Å². The Morgan fingerprint density at radius 3 is 2.17 bits per heavy atom. The zero-order valence-corrected chi connectivity index (χ0v) is 17.5. The van der Waals surface area contributed by atoms with Crippen molar-refractivity contribution in [2.24, 2.45) is 5.73 Å². The maximum absolute atomic E-state index is 12.0. The number of methoxy groups -OCH3 is 3. The molecule has 2 aromatic carbocycles. The third-order valence-electron chi connectivity index (χ3n) is 4.05. The van der Waals surface area contributed by atoms with Gasteiger partial charge in [-0.1, -0.05) is 6.07 Å². The number of rotatable bonds is 7. The number of hydrogen-bond donors (Lipinski definition) is 2. The van der Waals surface area contributed by atoms with Crippen LogP contribution >= 0.6 is 12.4 Å². The van der Waals surface area contributed by atoms with Crippen molar-refractivity contribution in [3.8, 4) is 23.3 Å². The van der Waals surface area contributed by atoms with E-state index in [0.29, 0.717) is 34.1 Å². The van der Waals surface area contributed by atoms with Crippen molar-refractivity contribution >= 4 is 29.6 Å². The number of halogens is 1. The highest BCUT2D eigenvalue weighted by Gasteiger charge is 2.15. The molecule has 1 amide bonds. The topological polar surface area (TPSA) is 107 Å². The third kappa shape index (κ3) is 5.88. The van der Waals surface area contributed by atoms with Crippen molar-refractivity contribution in [3.05, 3.63) is 53.6 Å². The summed E-state index contributed by atoms with van der Waals surface area (Å²) in [5.41, 5.74) is 8.17. The van der Waals surface area contributed by atoms with Crippen LogP contribution in [-0.2, 0) is 4.79 Å². The molecule has 0 aliphatic rings. The standard InChI is InChI=1S/C21H23N3O4.ClH/c1-13(23)21(25)24-19-11-14(5-6-20(19)28-4)18(7-8-22)15-9-16(26-2)12-17(10-15)27-3;/h5-7,9-13H,23H2,1-4H3,(H,24,25);1H/t13-;/m1./s1. The lowest BCUT2D eigenvalue weighted by Crippen LogP contribution is -2.32. The summed E-state index contributed by atoms with van der Waals surface area (Å²) in [6.45, 7) is 1.59. The molecule has 0 radical (unpaired) electrons. The predicted molar refractivity (Wildman–Crippen MR) is 115 cm³/mol. The number of nitriles is 1. The maximum atomic E-state index is 12.0. The van der Waals surface area contributed by atoms with Gasteiger partial charge in [-0.3, -0.25) is 4.79 Å². The first-order valence-electron chi connectivity index (χ1n) is 8.51. The van der Waals surface area contributed by atoms with Gasteiger partial charge in [-0.15, -0.1) is 12.4 Å². The molecule has 0 saturated heterocycles. The molecular formula is C21H24ClN3O4. The SMILES string of the molecule is COc1cc(OC)cc(C(=CC#N)c2ccc(OC)c(NC(=O)[C@@H](C)N)c2)c1.Cl. The van der Waals surface area contributed by atoms with E-state index in [0.717, 1.165) is 5.56 Å². The molecule has 8 heteroatoms. The lowest BCUT2D eigenvalue weighted by molar-refractivity contribution is -0.117. The lowest BCUT2D eigenvalue weighted by Gasteiger charge is -2.16. The Balaban J connectivity index is 0.00000420. The van der Waals surface area contributed by atoms with Gasteiger partial charge in [0.15, 0.2) is 0 Å². The van der Waals surface area contributed by atoms with Gasteiger partial charge in [0.2, 0.25) is 5.91 Å². The Labute approximate surface area is 176 Å². The number of hydrogen-bond acceptors (Lipinski definition) is 6. The second kappa shape index (κ2) is 11.0. The summed E-state index contributed by atoms with van der Waals surface area (Å²) >= 11 is 0. The molecule has 1 atom stereocenters. The number of amides is 1. The molecule has 0 unspecified atom stereocenters. The van der Waals surface area contributed by atoms with Crippen molar-refractivity contribution < 1.29 is 19.0 Å². The number of nitrogens with zero attached hydrogens (tertiary/aromatic N) is 1. The van der Waals surface area contributed by atoms with Crippen molar-refractivity contribution in [1.29, 1.82) is 5.26 Å². The molecule has 0 aromatic heterocycles. The van der Waals surface area contributed by atoms with E-state index >= 15 is 0 Å². The van der Waals surface area contributed by atoms with E-state index in [-0.39, 0.29) is 18.3 Å². The van der Waals surface area contributed by atoms with E-state index < -0.39 is 6.04 Å². The highest BCUT2D eigenvalue weighted by atomic mass is 35.5. The average molecular weight is 418 g/mol. The molecule has 3 N–H and O–H groups in total. The summed E-state index contributed by atoms with van der Waals surface area (Å²) in [5.74, 6) is 1.33. The zero-order valence-electron chi connectivity index (χ0n) is 16.7. The van der Waals surface area contributed by atoms with E-state index in [1.807, 2.05) is 0 Å². The van der Waals surface area contributed by atoms with Crippen LogP contribution in [0.4, 0.5) is 5.69 Å². The van der Waals surface area contributed by atoms with Crippen LogP contribution in [0.1, 0.15) is 18.1 Å². The van der Waals surface area contributed by atoms with Crippen molar-refractivity contribution in [2.75, 3.05) is 26.6 Å². The minimum Gasteiger partial charge on any atom is -0.497 e. The predicted octanol–water partition coefficient (Wildman–Crippen LogP) is 3.38. The Bertz CT molecular complexity index is 914. The number of carbonyl (C=O) groups excluding carboxylic acids is 1. The molecule has 0 bridgehead atoms. The van der Waals surface area contributed by atoms with Crippen LogP contribution in [0.2, 0.25) is 0 Å². The van der Waals surface area contributed by atoms with Crippen LogP contribution in [0.5, 0.6) is 17.2 Å². The molecule has 0 heterocycles. The third-order valence-corrected chi connectivity index (χ3v) is 4.05. The van der Waals surface area contributed by atoms with Crippen LogP contribution < -0.4 is 25.3 Å². The maximum Gasteiger partial charge on any atom is 0.241 e. The smallest absolute Gasteiger partial charge is 0.241 e. The Kier molecular flexibility index (Phi) is 9.00. The first-order valence-corrected chi connectivity index (χ1v) is 8.51. The fourth-order valence-electron chi connectivity index (χ4n) is 2.58. The number of allylic oxidation sites excluding steroid dienone is 1. The van der Waals surface area contributed by atoms with Gasteiger partial charge in [-0.2, -0.15) is 5.26 Å². The van der Waals surface area contributed by atoms with E-state index in [9.17, 15) is 10.1 Å². The summed E-state index contributed by atoms with van der Waals surface area (Å²) in [6, 6.07) is 12.0. The monoisotopic (exact) mass is 417 g/mol. The quantitative estimate of drug-likeness (QED) is 0.669. The summed E-state index contributed by atoms with van der Waals surface area (Å²) in [4.78, 5) is 12.0. The van der Waals surface area contributed by atoms with E-state index in [1.165, 1.54) is 13.2 Å². The molecule has 2 rings (SSSR count). The van der Waals surface area contributed by atoms with E-state index in [4.69, 9.17) is 19.9 Å². The van der Waals surface area contributed by atoms with Crippen LogP contribution in [0.15, 0.2) is 42.5 Å². The van der Waals surface area contributed by atoms with E-state index in [1.54, 1.807) is 57.5 Å². The summed E-state index contributed by atoms with van der Waals surface area (Å²) < 4.78 is 16.0. The molecule has 7 nitrogen and oxygen atoms in total. The molecule has 0 aliphatic heterocycles. The molecule has 2 aromatic rings. The van der Waals surface area contributed by atoms with Gasteiger partial charge in [0.25, 0.3) is 0 Å². The zero-order chi connectivity index (χ0) is 20.7. The molecule has 154 valence electrons. The normalized spacial score (nSPS) is 11.5. The van der Waals surface area contributed by atoms with Crippen molar-refractivity contribution in [1.82, 2.24) is 0 Å². The number of ether oxygens (including phenoxy) is 3. The van der Waals surface area contributed by atoms with Gasteiger partial charge < -0.3 is 25.3 Å². The van der Waals surface area contributed by atoms with Gasteiger partial charge in [0.1, 0.15) is 17.2 Å². The minimum atomic E-state index is -0.676. The fourth-order valence-corrected chi connectivity index (χ4v) is 2.58. The minimum absolute atomic E-state index is 0. The number of carbonyl (C=O) groups is 1. The highest BCUT2D eigenvalue weighted by molar-refractivity contribution is 5.96. The first-order chi connectivity index (χ1) is 13.4. The van der Waals surface area contributed by atoms with Gasteiger partial charge in [0, 0.05) is 12.1 Å². The van der Waals surface area contributed by atoms with Crippen molar-refractivity contribution in [3.63, 3.8) is 0 Å². The first kappa shape index (κ1) is 23.8. The summed E-state index contributed by atoms with van der Waals surface area (Å²) in [7, 11) is 4.62. The Morgan fingerprint density at radius 1 is 1.07 bits per heavy atom. The molecule has 0 aliphatic carbocycles. The molecule has 29 heavy (non-hydrogen) atoms. The van der Waals surface area contributed by atoms with Crippen molar-refractivity contribution in [2.45, 2.75) is 13.0 Å². The summed E-state index contributed by atoms with van der Waals surface area (Å²) in [5, 5.41) is 12.0. The molecule has 0 saturated carbocycles.